The van der Waals surface area contributed by atoms with Gasteiger partial charge in [0.05, 0.1) is 6.61 Å². The van der Waals surface area contributed by atoms with Crippen molar-refractivity contribution >= 4 is 5.97 Å². The summed E-state index contributed by atoms with van der Waals surface area (Å²) in [6.07, 6.45) is 0.564. The largest absolute Gasteiger partial charge is 0.465 e. The summed E-state index contributed by atoms with van der Waals surface area (Å²) in [6, 6.07) is 7.81. The molecule has 20 heavy (non-hydrogen) atoms. The fourth-order valence-corrected chi connectivity index (χ4v) is 1.96. The molecule has 0 N–H and O–H groups in total. The predicted molar refractivity (Wildman–Crippen MR) is 74.1 cm³/mol. The Bertz CT molecular complexity index is 592. The van der Waals surface area contributed by atoms with E-state index in [9.17, 15) is 4.79 Å². The Hall–Kier alpha value is -2.17. The van der Waals surface area contributed by atoms with E-state index in [2.05, 4.69) is 10.1 Å². The highest BCUT2D eigenvalue weighted by Gasteiger charge is 2.26. The van der Waals surface area contributed by atoms with E-state index >= 15 is 0 Å². The number of ether oxygens (including phenoxy) is 1. The lowest BCUT2D eigenvalue weighted by Gasteiger charge is -2.08. The van der Waals surface area contributed by atoms with Crippen LogP contribution in [0.4, 0.5) is 0 Å². The number of carbonyl (C=O) groups is 1. The second-order valence-electron chi connectivity index (χ2n) is 4.54. The van der Waals surface area contributed by atoms with Gasteiger partial charge in [-0.15, -0.1) is 0 Å². The van der Waals surface area contributed by atoms with Crippen LogP contribution in [0.5, 0.6) is 0 Å². The molecule has 0 bridgehead atoms. The molecular formula is C15H18N2O3. The summed E-state index contributed by atoms with van der Waals surface area (Å²) in [5, 5.41) is 3.95. The maximum absolute atomic E-state index is 11.8. The van der Waals surface area contributed by atoms with E-state index in [1.165, 1.54) is 0 Å². The highest BCUT2D eigenvalue weighted by molar-refractivity contribution is 5.76. The van der Waals surface area contributed by atoms with Crippen LogP contribution in [-0.4, -0.2) is 22.7 Å². The van der Waals surface area contributed by atoms with Gasteiger partial charge in [0.2, 0.25) is 11.7 Å². The van der Waals surface area contributed by atoms with Crippen LogP contribution >= 0.6 is 0 Å². The van der Waals surface area contributed by atoms with Gasteiger partial charge in [0.15, 0.2) is 0 Å². The van der Waals surface area contributed by atoms with Crippen LogP contribution in [-0.2, 0) is 9.53 Å². The Morgan fingerprint density at radius 1 is 1.40 bits per heavy atom. The molecule has 0 saturated carbocycles. The summed E-state index contributed by atoms with van der Waals surface area (Å²) in [6.45, 7) is 6.00. The molecule has 2 aromatic rings. The highest BCUT2D eigenvalue weighted by Crippen LogP contribution is 2.23. The van der Waals surface area contributed by atoms with Crippen molar-refractivity contribution in [3.05, 3.63) is 35.7 Å². The molecule has 1 atom stereocenters. The normalized spacial score (nSPS) is 12.2. The van der Waals surface area contributed by atoms with Crippen LogP contribution in [0, 0.1) is 6.92 Å². The van der Waals surface area contributed by atoms with E-state index in [1.807, 2.05) is 38.1 Å². The zero-order valence-electron chi connectivity index (χ0n) is 11.9. The Balaban J connectivity index is 2.25. The Kier molecular flexibility index (Phi) is 4.50. The monoisotopic (exact) mass is 274 g/mol. The third kappa shape index (κ3) is 3.04. The number of nitrogens with zero attached hydrogens (tertiary/aromatic N) is 2. The van der Waals surface area contributed by atoms with Crippen molar-refractivity contribution in [2.75, 3.05) is 6.61 Å². The second-order valence-corrected chi connectivity index (χ2v) is 4.54. The van der Waals surface area contributed by atoms with E-state index in [1.54, 1.807) is 6.92 Å². The molecule has 0 radical (unpaired) electrons. The second kappa shape index (κ2) is 6.32. The first-order valence-corrected chi connectivity index (χ1v) is 6.73. The molecule has 0 spiro atoms. The Labute approximate surface area is 118 Å². The lowest BCUT2D eigenvalue weighted by Crippen LogP contribution is -2.15. The van der Waals surface area contributed by atoms with Crippen LogP contribution in [0.25, 0.3) is 11.4 Å². The quantitative estimate of drug-likeness (QED) is 0.784. The molecule has 5 nitrogen and oxygen atoms in total. The molecule has 1 aromatic carbocycles. The topological polar surface area (TPSA) is 65.2 Å². The minimum absolute atomic E-state index is 0.308. The molecule has 106 valence electrons. The van der Waals surface area contributed by atoms with Crippen LogP contribution in [0.1, 0.15) is 37.6 Å². The average molecular weight is 274 g/mol. The lowest BCUT2D eigenvalue weighted by molar-refractivity contribution is -0.145. The predicted octanol–water partition coefficient (Wildman–Crippen LogP) is 3.10. The first kappa shape index (κ1) is 14.2. The summed E-state index contributed by atoms with van der Waals surface area (Å²) >= 11 is 0. The SMILES string of the molecule is CCOC(=O)C(CC)c1nc(-c2cccc(C)c2)no1. The van der Waals surface area contributed by atoms with Crippen molar-refractivity contribution in [1.29, 1.82) is 0 Å². The maximum Gasteiger partial charge on any atom is 0.318 e. The standard InChI is InChI=1S/C15H18N2O3/c1-4-12(15(18)19-5-2)14-16-13(17-20-14)11-8-6-7-10(3)9-11/h6-9,12H,4-5H2,1-3H3. The fraction of sp³-hybridized carbons (Fsp3) is 0.400. The third-order valence-electron chi connectivity index (χ3n) is 3.00. The van der Waals surface area contributed by atoms with Crippen molar-refractivity contribution in [2.24, 2.45) is 0 Å². The molecule has 1 aromatic heterocycles. The molecule has 5 heteroatoms. The first-order valence-electron chi connectivity index (χ1n) is 6.73. The number of esters is 1. The van der Waals surface area contributed by atoms with E-state index in [0.717, 1.165) is 11.1 Å². The van der Waals surface area contributed by atoms with Gasteiger partial charge in [0, 0.05) is 5.56 Å². The van der Waals surface area contributed by atoms with Crippen molar-refractivity contribution < 1.29 is 14.1 Å². The molecule has 0 aliphatic carbocycles. The van der Waals surface area contributed by atoms with Crippen molar-refractivity contribution in [1.82, 2.24) is 10.1 Å². The van der Waals surface area contributed by atoms with Crippen molar-refractivity contribution in [2.45, 2.75) is 33.1 Å². The third-order valence-corrected chi connectivity index (χ3v) is 3.00. The number of hydrogen-bond acceptors (Lipinski definition) is 5. The minimum Gasteiger partial charge on any atom is -0.465 e. The number of hydrogen-bond donors (Lipinski definition) is 0. The maximum atomic E-state index is 11.8. The Morgan fingerprint density at radius 2 is 2.20 bits per heavy atom. The van der Waals surface area contributed by atoms with E-state index in [4.69, 9.17) is 9.26 Å². The van der Waals surface area contributed by atoms with Gasteiger partial charge in [-0.25, -0.2) is 0 Å². The van der Waals surface area contributed by atoms with Gasteiger partial charge >= 0.3 is 5.97 Å². The highest BCUT2D eigenvalue weighted by atomic mass is 16.5. The molecule has 0 aliphatic rings. The van der Waals surface area contributed by atoms with Gasteiger partial charge in [0.25, 0.3) is 0 Å². The molecule has 2 rings (SSSR count). The number of rotatable bonds is 5. The molecule has 0 amide bonds. The molecule has 0 fully saturated rings. The Morgan fingerprint density at radius 3 is 2.85 bits per heavy atom. The van der Waals surface area contributed by atoms with Crippen molar-refractivity contribution in [3.63, 3.8) is 0 Å². The van der Waals surface area contributed by atoms with Gasteiger partial charge in [-0.2, -0.15) is 4.98 Å². The smallest absolute Gasteiger partial charge is 0.318 e. The molecular weight excluding hydrogens is 256 g/mol. The zero-order valence-corrected chi connectivity index (χ0v) is 11.9. The first-order chi connectivity index (χ1) is 9.65. The van der Waals surface area contributed by atoms with E-state index in [-0.39, 0.29) is 5.97 Å². The molecule has 0 saturated heterocycles. The van der Waals surface area contributed by atoms with Gasteiger partial charge < -0.3 is 9.26 Å². The molecule has 1 unspecified atom stereocenters. The average Bonchev–Trinajstić information content (AvgIpc) is 2.89. The fourth-order valence-electron chi connectivity index (χ4n) is 1.96. The van der Waals surface area contributed by atoms with Crippen LogP contribution < -0.4 is 0 Å². The summed E-state index contributed by atoms with van der Waals surface area (Å²) in [5.41, 5.74) is 1.99. The van der Waals surface area contributed by atoms with Gasteiger partial charge in [-0.05, 0) is 26.3 Å². The zero-order chi connectivity index (χ0) is 14.5. The molecule has 0 aliphatic heterocycles. The summed E-state index contributed by atoms with van der Waals surface area (Å²) in [4.78, 5) is 16.1. The summed E-state index contributed by atoms with van der Waals surface area (Å²) in [5.74, 6) is -0.0237. The van der Waals surface area contributed by atoms with Crippen molar-refractivity contribution in [3.8, 4) is 11.4 Å². The van der Waals surface area contributed by atoms with Gasteiger partial charge in [0.1, 0.15) is 5.92 Å². The van der Waals surface area contributed by atoms with Crippen LogP contribution in [0.2, 0.25) is 0 Å². The number of carbonyl (C=O) groups excluding carboxylic acids is 1. The molecule has 1 heterocycles. The van der Waals surface area contributed by atoms with Crippen LogP contribution in [0.15, 0.2) is 28.8 Å². The number of benzene rings is 1. The van der Waals surface area contributed by atoms with Gasteiger partial charge in [-0.1, -0.05) is 35.8 Å². The lowest BCUT2D eigenvalue weighted by atomic mass is 10.1. The van der Waals surface area contributed by atoms with Gasteiger partial charge in [-0.3, -0.25) is 4.79 Å². The number of aromatic nitrogens is 2. The summed E-state index contributed by atoms with van der Waals surface area (Å²) in [7, 11) is 0. The van der Waals surface area contributed by atoms with Crippen LogP contribution in [0.3, 0.4) is 0 Å². The minimum atomic E-state index is -0.499. The van der Waals surface area contributed by atoms with E-state index < -0.39 is 5.92 Å². The summed E-state index contributed by atoms with van der Waals surface area (Å²) < 4.78 is 10.2. The van der Waals surface area contributed by atoms with E-state index in [0.29, 0.717) is 24.7 Å². The number of aryl methyl sites for hydroxylation is 1.